The van der Waals surface area contributed by atoms with Gasteiger partial charge in [-0.15, -0.1) is 0 Å². The molecule has 0 unspecified atom stereocenters. The van der Waals surface area contributed by atoms with Crippen molar-refractivity contribution in [3.05, 3.63) is 61.9 Å². The molecule has 0 spiro atoms. The molecule has 112 valence electrons. The van der Waals surface area contributed by atoms with Gasteiger partial charge in [-0.1, -0.05) is 6.07 Å². The lowest BCUT2D eigenvalue weighted by atomic mass is 10.2. The average Bonchev–Trinajstić information content (AvgIpc) is 2.46. The lowest BCUT2D eigenvalue weighted by Gasteiger charge is -2.11. The first kappa shape index (κ1) is 15.0. The van der Waals surface area contributed by atoms with Crippen LogP contribution in [0.25, 0.3) is 0 Å². The Labute approximate surface area is 119 Å². The maximum Gasteiger partial charge on any atom is 0.330 e. The molecule has 21 heavy (non-hydrogen) atoms. The van der Waals surface area contributed by atoms with E-state index >= 15 is 0 Å². The Hall–Kier alpha value is -2.44. The number of rotatable bonds is 3. The molecule has 2 aromatic rings. The fraction of sp³-hybridized carbons (Fsp3) is 0.286. The molecule has 7 heteroatoms. The highest BCUT2D eigenvalue weighted by atomic mass is 19.1. The molecule has 1 heterocycles. The number of aryl methyl sites for hydroxylation is 2. The molecule has 1 N–H and O–H groups in total. The molecule has 0 aliphatic rings. The average molecular weight is 295 g/mol. The van der Waals surface area contributed by atoms with Gasteiger partial charge in [-0.05, 0) is 18.6 Å². The topological polar surface area (TPSA) is 56.0 Å². The summed E-state index contributed by atoms with van der Waals surface area (Å²) >= 11 is 0. The van der Waals surface area contributed by atoms with Gasteiger partial charge in [-0.2, -0.15) is 0 Å². The van der Waals surface area contributed by atoms with Crippen LogP contribution in [0.3, 0.4) is 0 Å². The van der Waals surface area contributed by atoms with E-state index in [1.165, 1.54) is 37.8 Å². The molecule has 0 fully saturated rings. The monoisotopic (exact) mass is 295 g/mol. The highest BCUT2D eigenvalue weighted by molar-refractivity contribution is 5.49. The van der Waals surface area contributed by atoms with E-state index in [-0.39, 0.29) is 17.8 Å². The van der Waals surface area contributed by atoms with Gasteiger partial charge in [0.1, 0.15) is 11.5 Å². The third kappa shape index (κ3) is 2.72. The number of nitrogens with one attached hydrogen (secondary N) is 1. The van der Waals surface area contributed by atoms with Gasteiger partial charge in [0, 0.05) is 26.8 Å². The second kappa shape index (κ2) is 5.51. The van der Waals surface area contributed by atoms with Crippen molar-refractivity contribution in [1.82, 2.24) is 9.13 Å². The summed E-state index contributed by atoms with van der Waals surface area (Å²) in [6, 6.07) is 2.49. The van der Waals surface area contributed by atoms with Gasteiger partial charge < -0.3 is 9.88 Å². The van der Waals surface area contributed by atoms with E-state index in [0.29, 0.717) is 5.56 Å². The minimum atomic E-state index is -0.736. The second-order valence-electron chi connectivity index (χ2n) is 4.82. The highest BCUT2D eigenvalue weighted by Gasteiger charge is 2.13. The molecular formula is C14H15F2N3O2. The standard InChI is InChI=1S/C14H15F2N3O2/c1-8-4-5-10(15)12(11(8)16)17-6-9-7-18(2)14(21)19(3)13(9)20/h4-5,7,17H,6H2,1-3H3. The SMILES string of the molecule is Cc1ccc(F)c(NCc2cn(C)c(=O)n(C)c2=O)c1F. The molecule has 0 radical (unpaired) electrons. The van der Waals surface area contributed by atoms with E-state index in [2.05, 4.69) is 5.32 Å². The van der Waals surface area contributed by atoms with E-state index in [1.807, 2.05) is 0 Å². The minimum absolute atomic E-state index is 0.0852. The molecule has 0 atom stereocenters. The van der Waals surface area contributed by atoms with Crippen LogP contribution in [0.2, 0.25) is 0 Å². The summed E-state index contributed by atoms with van der Waals surface area (Å²) in [5.74, 6) is -1.43. The number of benzene rings is 1. The predicted octanol–water partition coefficient (Wildman–Crippen LogP) is 1.28. The van der Waals surface area contributed by atoms with Crippen LogP contribution in [0, 0.1) is 18.6 Å². The molecule has 0 aliphatic heterocycles. The second-order valence-corrected chi connectivity index (χ2v) is 4.82. The zero-order valence-corrected chi connectivity index (χ0v) is 11.9. The van der Waals surface area contributed by atoms with E-state index in [0.717, 1.165) is 10.6 Å². The lowest BCUT2D eigenvalue weighted by Crippen LogP contribution is -2.38. The largest absolute Gasteiger partial charge is 0.376 e. The minimum Gasteiger partial charge on any atom is -0.376 e. The summed E-state index contributed by atoms with van der Waals surface area (Å²) < 4.78 is 29.6. The third-order valence-electron chi connectivity index (χ3n) is 3.26. The van der Waals surface area contributed by atoms with Crippen molar-refractivity contribution in [3.8, 4) is 0 Å². The van der Waals surface area contributed by atoms with Crippen molar-refractivity contribution in [1.29, 1.82) is 0 Å². The quantitative estimate of drug-likeness (QED) is 0.928. The predicted molar refractivity (Wildman–Crippen MR) is 75.3 cm³/mol. The van der Waals surface area contributed by atoms with Gasteiger partial charge in [-0.3, -0.25) is 9.36 Å². The highest BCUT2D eigenvalue weighted by Crippen LogP contribution is 2.21. The molecule has 2 rings (SSSR count). The molecule has 1 aromatic heterocycles. The maximum absolute atomic E-state index is 13.8. The molecule has 0 aliphatic carbocycles. The van der Waals surface area contributed by atoms with Crippen LogP contribution >= 0.6 is 0 Å². The Bertz CT molecular complexity index is 809. The number of aromatic nitrogens is 2. The zero-order chi connectivity index (χ0) is 15.7. The smallest absolute Gasteiger partial charge is 0.330 e. The first-order chi connectivity index (χ1) is 9.82. The number of halogens is 2. The normalized spacial score (nSPS) is 10.7. The van der Waals surface area contributed by atoms with Gasteiger partial charge in [-0.25, -0.2) is 13.6 Å². The van der Waals surface area contributed by atoms with E-state index in [4.69, 9.17) is 0 Å². The van der Waals surface area contributed by atoms with Gasteiger partial charge in [0.2, 0.25) is 0 Å². The van der Waals surface area contributed by atoms with Crippen LogP contribution in [0.15, 0.2) is 27.9 Å². The molecular weight excluding hydrogens is 280 g/mol. The van der Waals surface area contributed by atoms with Crippen molar-refractivity contribution < 1.29 is 8.78 Å². The van der Waals surface area contributed by atoms with Gasteiger partial charge >= 0.3 is 5.69 Å². The first-order valence-corrected chi connectivity index (χ1v) is 6.27. The van der Waals surface area contributed by atoms with Crippen LogP contribution in [-0.2, 0) is 20.6 Å². The van der Waals surface area contributed by atoms with Crippen molar-refractivity contribution in [2.45, 2.75) is 13.5 Å². The van der Waals surface area contributed by atoms with E-state index in [9.17, 15) is 18.4 Å². The van der Waals surface area contributed by atoms with Crippen molar-refractivity contribution in [2.75, 3.05) is 5.32 Å². The summed E-state index contributed by atoms with van der Waals surface area (Å²) in [6.07, 6.45) is 1.35. The summed E-state index contributed by atoms with van der Waals surface area (Å²) in [5, 5.41) is 2.57. The van der Waals surface area contributed by atoms with Crippen LogP contribution in [0.4, 0.5) is 14.5 Å². The van der Waals surface area contributed by atoms with Crippen molar-refractivity contribution >= 4 is 5.69 Å². The maximum atomic E-state index is 13.8. The molecule has 1 aromatic carbocycles. The summed E-state index contributed by atoms with van der Waals surface area (Å²) in [7, 11) is 2.85. The number of anilines is 1. The Morgan fingerprint density at radius 3 is 2.52 bits per heavy atom. The molecule has 0 saturated heterocycles. The molecule has 0 amide bonds. The summed E-state index contributed by atoms with van der Waals surface area (Å²) in [6.45, 7) is 1.43. The first-order valence-electron chi connectivity index (χ1n) is 6.27. The Balaban J connectivity index is 2.36. The fourth-order valence-corrected chi connectivity index (χ4v) is 2.01. The zero-order valence-electron chi connectivity index (χ0n) is 11.9. The number of nitrogens with zero attached hydrogens (tertiary/aromatic N) is 2. The van der Waals surface area contributed by atoms with Crippen LogP contribution in [0.1, 0.15) is 11.1 Å². The van der Waals surface area contributed by atoms with Crippen molar-refractivity contribution in [2.24, 2.45) is 14.1 Å². The van der Waals surface area contributed by atoms with Crippen LogP contribution < -0.4 is 16.6 Å². The molecule has 5 nitrogen and oxygen atoms in total. The van der Waals surface area contributed by atoms with Crippen LogP contribution in [-0.4, -0.2) is 9.13 Å². The Morgan fingerprint density at radius 2 is 1.86 bits per heavy atom. The Kier molecular flexibility index (Phi) is 3.93. The van der Waals surface area contributed by atoms with Crippen molar-refractivity contribution in [3.63, 3.8) is 0 Å². The number of hydrogen-bond donors (Lipinski definition) is 1. The fourth-order valence-electron chi connectivity index (χ4n) is 2.01. The van der Waals surface area contributed by atoms with Gasteiger partial charge in [0.15, 0.2) is 5.82 Å². The molecule has 0 saturated carbocycles. The summed E-state index contributed by atoms with van der Waals surface area (Å²) in [4.78, 5) is 23.5. The summed E-state index contributed by atoms with van der Waals surface area (Å²) in [5.41, 5.74) is -0.714. The number of hydrogen-bond acceptors (Lipinski definition) is 3. The Morgan fingerprint density at radius 1 is 1.19 bits per heavy atom. The van der Waals surface area contributed by atoms with Crippen LogP contribution in [0.5, 0.6) is 0 Å². The van der Waals surface area contributed by atoms with Gasteiger partial charge in [0.25, 0.3) is 5.56 Å². The van der Waals surface area contributed by atoms with E-state index < -0.39 is 22.9 Å². The van der Waals surface area contributed by atoms with E-state index in [1.54, 1.807) is 0 Å². The molecule has 0 bridgehead atoms. The third-order valence-corrected chi connectivity index (χ3v) is 3.26. The van der Waals surface area contributed by atoms with Gasteiger partial charge in [0.05, 0.1) is 5.56 Å². The lowest BCUT2D eigenvalue weighted by molar-refractivity contribution is 0.581.